The fraction of sp³-hybridized carbons (Fsp3) is 0.419. The standard InChI is InChI=1S/C43H50N2O7/c1-7-8-9-35(43(46)47)45(3)19-17-29-24-38(50-6)40-26-33(29)36(45)21-27-10-13-31(14-11-27)51-39-22-28(12-15-37(39)49-5)20-34-42-30(16-18-44(34)2)23-32(48-4)25-41(42)52-40/h10-15,22-26,34-36H,7-9,16-21H2,1-6H3. The number of rotatable bonds is 8. The second kappa shape index (κ2) is 14.7. The minimum atomic E-state index is -0.998. The Hall–Kier alpha value is -4.73. The van der Waals surface area contributed by atoms with Gasteiger partial charge in [-0.1, -0.05) is 31.5 Å². The summed E-state index contributed by atoms with van der Waals surface area (Å²) >= 11 is 0. The quantitative estimate of drug-likeness (QED) is 0.182. The summed E-state index contributed by atoms with van der Waals surface area (Å²) in [5.74, 6) is 3.68. The number of quaternary nitrogens is 1. The van der Waals surface area contributed by atoms with Crippen molar-refractivity contribution in [2.75, 3.05) is 48.5 Å². The molecule has 274 valence electrons. The number of nitrogens with zero attached hydrogens (tertiary/aromatic N) is 2. The Kier molecular flexibility index (Phi) is 10.1. The highest BCUT2D eigenvalue weighted by atomic mass is 16.5. The first-order valence-corrected chi connectivity index (χ1v) is 18.4. The summed E-state index contributed by atoms with van der Waals surface area (Å²) in [5.41, 5.74) is 6.69. The van der Waals surface area contributed by atoms with Gasteiger partial charge in [0.2, 0.25) is 0 Å². The van der Waals surface area contributed by atoms with Gasteiger partial charge in [0.05, 0.1) is 40.9 Å². The largest absolute Gasteiger partial charge is 0.544 e. The van der Waals surface area contributed by atoms with Crippen molar-refractivity contribution >= 4 is 5.97 Å². The smallest absolute Gasteiger partial charge is 0.169 e. The number of benzene rings is 4. The summed E-state index contributed by atoms with van der Waals surface area (Å²) < 4.78 is 31.4. The number of hydrogen-bond acceptors (Lipinski definition) is 8. The Balaban J connectivity index is 1.45. The summed E-state index contributed by atoms with van der Waals surface area (Å²) in [7, 11) is 9.26. The molecule has 0 N–H and O–H groups in total. The number of methoxy groups -OCH3 is 3. The molecule has 9 nitrogen and oxygen atoms in total. The molecule has 4 aromatic carbocycles. The molecule has 4 aliphatic heterocycles. The van der Waals surface area contributed by atoms with Gasteiger partial charge < -0.3 is 38.1 Å². The van der Waals surface area contributed by atoms with Crippen molar-refractivity contribution in [3.05, 3.63) is 100 Å². The zero-order valence-electron chi connectivity index (χ0n) is 31.2. The molecule has 0 amide bonds. The van der Waals surface area contributed by atoms with Crippen molar-refractivity contribution in [3.8, 4) is 40.2 Å². The number of likely N-dealkylation sites (N-methyl/N-ethyl adjacent to an activating group) is 2. The molecule has 0 saturated heterocycles. The first kappa shape index (κ1) is 35.7. The monoisotopic (exact) mass is 706 g/mol. The van der Waals surface area contributed by atoms with Crippen LogP contribution in [0.25, 0.3) is 0 Å². The SMILES string of the molecule is CCCCC(C(=O)[O-])[N+]1(C)CCc2cc(OC)c3cc2C1Cc1ccc(cc1)Oc1cc(ccc1OC)CC1c2c(cc(OC)cc2O3)CCN1C. The maximum atomic E-state index is 12.9. The normalized spacial score (nSPS) is 21.4. The van der Waals surface area contributed by atoms with E-state index in [0.717, 1.165) is 59.4 Å². The molecule has 0 saturated carbocycles. The van der Waals surface area contributed by atoms with Crippen LogP contribution >= 0.6 is 0 Å². The fourth-order valence-electron chi connectivity index (χ4n) is 8.65. The van der Waals surface area contributed by atoms with Crippen LogP contribution in [0.2, 0.25) is 0 Å². The number of carboxylic acids is 1. The van der Waals surface area contributed by atoms with Gasteiger partial charge in [-0.3, -0.25) is 4.90 Å². The highest BCUT2D eigenvalue weighted by Crippen LogP contribution is 2.48. The highest BCUT2D eigenvalue weighted by Gasteiger charge is 2.45. The minimum absolute atomic E-state index is 0.00258. The summed E-state index contributed by atoms with van der Waals surface area (Å²) in [4.78, 5) is 15.3. The summed E-state index contributed by atoms with van der Waals surface area (Å²) in [6.45, 7) is 3.64. The van der Waals surface area contributed by atoms with E-state index in [0.29, 0.717) is 71.2 Å². The first-order chi connectivity index (χ1) is 25.1. The van der Waals surface area contributed by atoms with Crippen molar-refractivity contribution in [2.45, 2.75) is 70.0 Å². The third-order valence-electron chi connectivity index (χ3n) is 11.7. The van der Waals surface area contributed by atoms with Crippen molar-refractivity contribution in [1.29, 1.82) is 0 Å². The third kappa shape index (κ3) is 6.68. The molecule has 0 fully saturated rings. The molecule has 4 aliphatic rings. The van der Waals surface area contributed by atoms with E-state index in [9.17, 15) is 9.90 Å². The van der Waals surface area contributed by atoms with Gasteiger partial charge in [-0.2, -0.15) is 0 Å². The highest BCUT2D eigenvalue weighted by molar-refractivity contribution is 5.70. The van der Waals surface area contributed by atoms with Gasteiger partial charge >= 0.3 is 0 Å². The average molecular weight is 707 g/mol. The van der Waals surface area contributed by atoms with Gasteiger partial charge in [0, 0.05) is 49.0 Å². The van der Waals surface area contributed by atoms with Crippen molar-refractivity contribution in [2.24, 2.45) is 0 Å². The van der Waals surface area contributed by atoms with E-state index in [1.54, 1.807) is 21.3 Å². The predicted octanol–water partition coefficient (Wildman–Crippen LogP) is 6.98. The molecule has 4 atom stereocenters. The van der Waals surface area contributed by atoms with E-state index >= 15 is 0 Å². The fourth-order valence-corrected chi connectivity index (χ4v) is 8.65. The van der Waals surface area contributed by atoms with Gasteiger partial charge in [0.1, 0.15) is 29.3 Å². The van der Waals surface area contributed by atoms with Crippen molar-refractivity contribution in [1.82, 2.24) is 4.90 Å². The predicted molar refractivity (Wildman–Crippen MR) is 198 cm³/mol. The van der Waals surface area contributed by atoms with E-state index in [-0.39, 0.29) is 12.1 Å². The van der Waals surface area contributed by atoms with Crippen LogP contribution in [0.15, 0.2) is 66.7 Å². The Bertz CT molecular complexity index is 1940. The molecular formula is C43H50N2O7. The van der Waals surface area contributed by atoms with Gasteiger partial charge in [0.15, 0.2) is 23.0 Å². The summed E-state index contributed by atoms with van der Waals surface area (Å²) in [5, 5.41) is 12.9. The van der Waals surface area contributed by atoms with Crippen LogP contribution in [0.1, 0.15) is 71.7 Å². The van der Waals surface area contributed by atoms with Crippen LogP contribution in [0.5, 0.6) is 40.2 Å². The van der Waals surface area contributed by atoms with Crippen molar-refractivity contribution in [3.63, 3.8) is 0 Å². The Labute approximate surface area is 307 Å². The number of aliphatic carboxylic acids is 1. The van der Waals surface area contributed by atoms with E-state index in [1.807, 2.05) is 24.3 Å². The van der Waals surface area contributed by atoms with Crippen LogP contribution in [0.4, 0.5) is 0 Å². The van der Waals surface area contributed by atoms with Gasteiger partial charge in [-0.05, 0) is 91.0 Å². The van der Waals surface area contributed by atoms with Gasteiger partial charge in [-0.25, -0.2) is 0 Å². The second-order valence-electron chi connectivity index (χ2n) is 14.7. The van der Waals surface area contributed by atoms with Crippen molar-refractivity contribution < 1.29 is 38.1 Å². The molecule has 6 bridgehead atoms. The molecular weight excluding hydrogens is 656 g/mol. The number of unbranched alkanes of at least 4 members (excludes halogenated alkanes) is 1. The lowest BCUT2D eigenvalue weighted by Gasteiger charge is -2.51. The van der Waals surface area contributed by atoms with Crippen LogP contribution in [-0.2, 0) is 30.5 Å². The molecule has 0 aliphatic carbocycles. The number of carbonyl (C=O) groups excluding carboxylic acids is 1. The lowest BCUT2D eigenvalue weighted by Crippen LogP contribution is -2.63. The number of fused-ring (bicyclic) bond motifs is 2. The maximum absolute atomic E-state index is 12.9. The molecule has 4 heterocycles. The van der Waals surface area contributed by atoms with E-state index in [4.69, 9.17) is 23.7 Å². The van der Waals surface area contributed by atoms with Gasteiger partial charge in [0.25, 0.3) is 0 Å². The summed E-state index contributed by atoms with van der Waals surface area (Å²) in [6.07, 6.45) is 5.18. The van der Waals surface area contributed by atoms with E-state index < -0.39 is 12.0 Å². The molecule has 0 radical (unpaired) electrons. The lowest BCUT2D eigenvalue weighted by atomic mass is 9.84. The van der Waals surface area contributed by atoms with E-state index in [2.05, 4.69) is 68.4 Å². The van der Waals surface area contributed by atoms with E-state index in [1.165, 1.54) is 5.56 Å². The molecule has 0 spiro atoms. The first-order valence-electron chi connectivity index (χ1n) is 18.4. The topological polar surface area (TPSA) is 89.5 Å². The number of hydrogen-bond donors (Lipinski definition) is 0. The Morgan fingerprint density at radius 3 is 2.33 bits per heavy atom. The van der Waals surface area contributed by atoms with Crippen LogP contribution in [0, 0.1) is 0 Å². The minimum Gasteiger partial charge on any atom is -0.544 e. The van der Waals surface area contributed by atoms with Crippen LogP contribution < -0.4 is 28.8 Å². The molecule has 0 aromatic heterocycles. The molecule has 8 rings (SSSR count). The average Bonchev–Trinajstić information content (AvgIpc) is 3.14. The number of carboxylic acid groups (broad SMARTS) is 1. The zero-order chi connectivity index (χ0) is 36.6. The molecule has 4 aromatic rings. The Morgan fingerprint density at radius 1 is 0.865 bits per heavy atom. The molecule has 52 heavy (non-hydrogen) atoms. The molecule has 9 heteroatoms. The summed E-state index contributed by atoms with van der Waals surface area (Å²) in [6, 6.07) is 21.7. The van der Waals surface area contributed by atoms with Crippen LogP contribution in [0.3, 0.4) is 0 Å². The van der Waals surface area contributed by atoms with Gasteiger partial charge in [-0.15, -0.1) is 0 Å². The Morgan fingerprint density at radius 2 is 1.62 bits per heavy atom. The second-order valence-corrected chi connectivity index (χ2v) is 14.7. The zero-order valence-corrected chi connectivity index (χ0v) is 31.2. The number of ether oxygens (including phenoxy) is 5. The third-order valence-corrected chi connectivity index (χ3v) is 11.7. The number of carbonyl (C=O) groups is 1. The van der Waals surface area contributed by atoms with Crippen LogP contribution in [-0.4, -0.2) is 69.9 Å². The molecule has 4 unspecified atom stereocenters. The maximum Gasteiger partial charge on any atom is 0.169 e. The lowest BCUT2D eigenvalue weighted by molar-refractivity contribution is -0.958.